The normalized spacial score (nSPS) is 17.3. The molecule has 3 heterocycles. The van der Waals surface area contributed by atoms with Crippen LogP contribution in [0.3, 0.4) is 0 Å². The van der Waals surface area contributed by atoms with E-state index < -0.39 is 0 Å². The van der Waals surface area contributed by atoms with Gasteiger partial charge in [-0.1, -0.05) is 30.3 Å². The number of anilines is 1. The number of carbonyl (C=O) groups is 2. The molecule has 0 bridgehead atoms. The molecule has 0 N–H and O–H groups in total. The molecule has 29 heavy (non-hydrogen) atoms. The van der Waals surface area contributed by atoms with E-state index in [0.29, 0.717) is 18.9 Å². The third kappa shape index (κ3) is 4.69. The molecule has 6 nitrogen and oxygen atoms in total. The van der Waals surface area contributed by atoms with Crippen LogP contribution in [0, 0.1) is 12.8 Å². The Morgan fingerprint density at radius 2 is 1.72 bits per heavy atom. The van der Waals surface area contributed by atoms with Crippen molar-refractivity contribution in [2.24, 2.45) is 5.92 Å². The number of nitrogens with zero attached hydrogens (tertiary/aromatic N) is 4. The van der Waals surface area contributed by atoms with Crippen molar-refractivity contribution in [1.82, 2.24) is 14.7 Å². The third-order valence-electron chi connectivity index (χ3n) is 6.10. The van der Waals surface area contributed by atoms with Crippen LogP contribution in [0.1, 0.15) is 43.4 Å². The molecule has 0 atom stereocenters. The minimum atomic E-state index is 0.0261. The van der Waals surface area contributed by atoms with Gasteiger partial charge in [0.2, 0.25) is 11.8 Å². The number of fused-ring (bicyclic) bond motifs is 1. The summed E-state index contributed by atoms with van der Waals surface area (Å²) < 4.78 is 1.90. The second-order valence-electron chi connectivity index (χ2n) is 8.28. The Morgan fingerprint density at radius 3 is 2.48 bits per heavy atom. The highest BCUT2D eigenvalue weighted by Crippen LogP contribution is 2.24. The molecule has 2 aliphatic rings. The predicted octanol–water partition coefficient (Wildman–Crippen LogP) is 3.19. The lowest BCUT2D eigenvalue weighted by atomic mass is 9.90. The summed E-state index contributed by atoms with van der Waals surface area (Å²) in [5.41, 5.74) is 2.30. The first-order valence-corrected chi connectivity index (χ1v) is 10.8. The van der Waals surface area contributed by atoms with Gasteiger partial charge in [0, 0.05) is 45.1 Å². The second-order valence-corrected chi connectivity index (χ2v) is 8.28. The Morgan fingerprint density at radius 1 is 1.00 bits per heavy atom. The molecule has 2 amide bonds. The highest BCUT2D eigenvalue weighted by atomic mass is 16.2. The van der Waals surface area contributed by atoms with E-state index in [4.69, 9.17) is 0 Å². The molecule has 154 valence electrons. The maximum Gasteiger partial charge on any atom is 0.228 e. The van der Waals surface area contributed by atoms with Crippen molar-refractivity contribution in [3.63, 3.8) is 0 Å². The van der Waals surface area contributed by atoms with E-state index in [0.717, 1.165) is 56.8 Å². The summed E-state index contributed by atoms with van der Waals surface area (Å²) >= 11 is 0. The Hall–Kier alpha value is -2.63. The van der Waals surface area contributed by atoms with Gasteiger partial charge in [-0.25, -0.2) is 4.68 Å². The second kappa shape index (κ2) is 8.80. The van der Waals surface area contributed by atoms with E-state index >= 15 is 0 Å². The zero-order valence-electron chi connectivity index (χ0n) is 17.2. The van der Waals surface area contributed by atoms with Crippen LogP contribution in [0.15, 0.2) is 36.4 Å². The Bertz CT molecular complexity index is 853. The number of aromatic nitrogens is 2. The van der Waals surface area contributed by atoms with Gasteiger partial charge in [0.25, 0.3) is 0 Å². The average molecular weight is 395 g/mol. The number of hydrogen-bond acceptors (Lipinski definition) is 3. The van der Waals surface area contributed by atoms with Crippen molar-refractivity contribution in [3.05, 3.63) is 47.7 Å². The van der Waals surface area contributed by atoms with E-state index in [2.05, 4.69) is 29.4 Å². The molecule has 1 aromatic carbocycles. The summed E-state index contributed by atoms with van der Waals surface area (Å²) in [4.78, 5) is 29.1. The summed E-state index contributed by atoms with van der Waals surface area (Å²) in [5.74, 6) is 1.64. The summed E-state index contributed by atoms with van der Waals surface area (Å²) in [5, 5.41) is 4.44. The minimum absolute atomic E-state index is 0.0261. The van der Waals surface area contributed by atoms with Crippen molar-refractivity contribution < 1.29 is 9.59 Å². The molecule has 0 radical (unpaired) electrons. The van der Waals surface area contributed by atoms with Crippen LogP contribution in [-0.4, -0.2) is 46.1 Å². The fourth-order valence-corrected chi connectivity index (χ4v) is 4.50. The Kier molecular flexibility index (Phi) is 5.97. The zero-order valence-corrected chi connectivity index (χ0v) is 17.2. The van der Waals surface area contributed by atoms with Crippen molar-refractivity contribution in [1.29, 1.82) is 0 Å². The van der Waals surface area contributed by atoms with Crippen LogP contribution >= 0.6 is 0 Å². The van der Waals surface area contributed by atoms with E-state index in [1.54, 1.807) is 4.90 Å². The van der Waals surface area contributed by atoms with Gasteiger partial charge in [-0.3, -0.25) is 14.5 Å². The zero-order chi connectivity index (χ0) is 20.2. The van der Waals surface area contributed by atoms with Crippen molar-refractivity contribution in [2.45, 2.75) is 52.0 Å². The molecule has 0 spiro atoms. The van der Waals surface area contributed by atoms with Crippen LogP contribution in [0.4, 0.5) is 5.82 Å². The maximum absolute atomic E-state index is 12.7. The van der Waals surface area contributed by atoms with Crippen LogP contribution in [0.5, 0.6) is 0 Å². The van der Waals surface area contributed by atoms with Crippen molar-refractivity contribution >= 4 is 17.6 Å². The fourth-order valence-electron chi connectivity index (χ4n) is 4.50. The van der Waals surface area contributed by atoms with Gasteiger partial charge in [0.05, 0.1) is 5.69 Å². The van der Waals surface area contributed by atoms with Crippen molar-refractivity contribution in [2.75, 3.05) is 24.5 Å². The highest BCUT2D eigenvalue weighted by molar-refractivity contribution is 5.95. The molecule has 0 saturated carbocycles. The van der Waals surface area contributed by atoms with Crippen LogP contribution < -0.4 is 4.90 Å². The van der Waals surface area contributed by atoms with Gasteiger partial charge < -0.3 is 4.90 Å². The molecular formula is C23H30N4O2. The quantitative estimate of drug-likeness (QED) is 0.783. The molecular weight excluding hydrogens is 364 g/mol. The number of hydrogen-bond donors (Lipinski definition) is 0. The molecule has 0 aliphatic carbocycles. The van der Waals surface area contributed by atoms with Crippen LogP contribution in [0.25, 0.3) is 0 Å². The summed E-state index contributed by atoms with van der Waals surface area (Å²) in [6.45, 7) is 5.12. The lowest BCUT2D eigenvalue weighted by Gasteiger charge is -2.32. The number of piperidine rings is 1. The summed E-state index contributed by atoms with van der Waals surface area (Å²) in [6.07, 6.45) is 4.64. The molecule has 4 rings (SSSR count). The number of aryl methyl sites for hydroxylation is 2. The maximum atomic E-state index is 12.7. The largest absolute Gasteiger partial charge is 0.343 e. The lowest BCUT2D eigenvalue weighted by molar-refractivity contribution is -0.134. The van der Waals surface area contributed by atoms with E-state index in [-0.39, 0.29) is 18.2 Å². The smallest absolute Gasteiger partial charge is 0.228 e. The molecule has 1 saturated heterocycles. The lowest BCUT2D eigenvalue weighted by Crippen LogP contribution is -2.41. The monoisotopic (exact) mass is 394 g/mol. The SMILES string of the molecule is Cc1cc2n(n1)CCCN2C(=O)CCC(=O)N1CCC(Cc2ccccc2)CC1. The number of carbonyl (C=O) groups excluding carboxylic acids is 2. The first-order chi connectivity index (χ1) is 14.1. The molecule has 0 unspecified atom stereocenters. The van der Waals surface area contributed by atoms with Crippen LogP contribution in [-0.2, 0) is 22.6 Å². The van der Waals surface area contributed by atoms with Gasteiger partial charge in [0.15, 0.2) is 0 Å². The first kappa shape index (κ1) is 19.7. The van der Waals surface area contributed by atoms with E-state index in [1.807, 2.05) is 28.6 Å². The highest BCUT2D eigenvalue weighted by Gasteiger charge is 2.26. The van der Waals surface area contributed by atoms with Gasteiger partial charge in [-0.05, 0) is 44.1 Å². The van der Waals surface area contributed by atoms with E-state index in [1.165, 1.54) is 5.56 Å². The van der Waals surface area contributed by atoms with E-state index in [9.17, 15) is 9.59 Å². The van der Waals surface area contributed by atoms with Crippen molar-refractivity contribution in [3.8, 4) is 0 Å². The molecule has 2 aliphatic heterocycles. The molecule has 6 heteroatoms. The first-order valence-electron chi connectivity index (χ1n) is 10.8. The average Bonchev–Trinajstić information content (AvgIpc) is 3.13. The number of rotatable bonds is 5. The summed E-state index contributed by atoms with van der Waals surface area (Å²) in [6, 6.07) is 12.5. The molecule has 1 fully saturated rings. The van der Waals surface area contributed by atoms with Crippen LogP contribution in [0.2, 0.25) is 0 Å². The number of benzene rings is 1. The molecule has 1 aromatic heterocycles. The number of amides is 2. The predicted molar refractivity (Wildman–Crippen MR) is 113 cm³/mol. The minimum Gasteiger partial charge on any atom is -0.343 e. The third-order valence-corrected chi connectivity index (χ3v) is 6.10. The van der Waals surface area contributed by atoms with Gasteiger partial charge in [-0.15, -0.1) is 0 Å². The Balaban J connectivity index is 1.24. The topological polar surface area (TPSA) is 58.4 Å². The number of likely N-dealkylation sites (tertiary alicyclic amines) is 1. The summed E-state index contributed by atoms with van der Waals surface area (Å²) in [7, 11) is 0. The Labute approximate surface area is 172 Å². The molecule has 2 aromatic rings. The van der Waals surface area contributed by atoms with Gasteiger partial charge in [-0.2, -0.15) is 5.10 Å². The standard InChI is InChI=1S/C23H30N4O2/c1-18-16-21-26(12-5-13-27(21)24-18)23(29)9-8-22(28)25-14-10-20(11-15-25)17-19-6-3-2-4-7-19/h2-4,6-7,16,20H,5,8-15,17H2,1H3. The van der Waals surface area contributed by atoms with Gasteiger partial charge >= 0.3 is 0 Å². The fraction of sp³-hybridized carbons (Fsp3) is 0.522. The van der Waals surface area contributed by atoms with Gasteiger partial charge in [0.1, 0.15) is 5.82 Å².